The second-order valence-electron chi connectivity index (χ2n) is 5.47. The van der Waals surface area contributed by atoms with Gasteiger partial charge < -0.3 is 4.74 Å². The van der Waals surface area contributed by atoms with E-state index in [1.165, 1.54) is 12.7 Å². The normalized spacial score (nSPS) is 21.9. The third kappa shape index (κ3) is 4.66. The molecule has 19 heavy (non-hydrogen) atoms. The lowest BCUT2D eigenvalue weighted by atomic mass is 9.79. The zero-order valence-electron chi connectivity index (χ0n) is 12.4. The summed E-state index contributed by atoms with van der Waals surface area (Å²) in [6, 6.07) is 0. The van der Waals surface area contributed by atoms with Crippen molar-refractivity contribution in [3.63, 3.8) is 0 Å². The molecule has 1 aliphatic carbocycles. The Bertz CT molecular complexity index is 404. The molecule has 0 amide bonds. The molecule has 0 saturated carbocycles. The fourth-order valence-corrected chi connectivity index (χ4v) is 2.52. The molecule has 3 nitrogen and oxygen atoms in total. The van der Waals surface area contributed by atoms with Gasteiger partial charge in [-0.1, -0.05) is 18.6 Å². The van der Waals surface area contributed by atoms with Crippen LogP contribution in [0.4, 0.5) is 0 Å². The molecule has 2 atom stereocenters. The quantitative estimate of drug-likeness (QED) is 0.564. The molecule has 0 unspecified atom stereocenters. The highest BCUT2D eigenvalue weighted by Gasteiger charge is 2.25. The third-order valence-electron chi connectivity index (χ3n) is 3.87. The molecule has 0 aliphatic heterocycles. The van der Waals surface area contributed by atoms with Gasteiger partial charge in [-0.25, -0.2) is 4.79 Å². The highest BCUT2D eigenvalue weighted by molar-refractivity contribution is 5.93. The molecule has 0 aromatic heterocycles. The molecule has 0 fully saturated rings. The predicted octanol–water partition coefficient (Wildman–Crippen LogP) is 3.45. The number of carbonyl (C=O) groups is 2. The number of hydrogen-bond acceptors (Lipinski definition) is 3. The van der Waals surface area contributed by atoms with E-state index in [4.69, 9.17) is 0 Å². The Balaban J connectivity index is 2.46. The van der Waals surface area contributed by atoms with E-state index in [1.54, 1.807) is 13.0 Å². The Labute approximate surface area is 115 Å². The number of hydrogen-bond donors (Lipinski definition) is 0. The van der Waals surface area contributed by atoms with Gasteiger partial charge in [-0.3, -0.25) is 4.79 Å². The Hall–Kier alpha value is -1.38. The van der Waals surface area contributed by atoms with Crippen molar-refractivity contribution in [3.05, 3.63) is 23.3 Å². The molecule has 0 N–H and O–H groups in total. The maximum atomic E-state index is 11.9. The van der Waals surface area contributed by atoms with E-state index < -0.39 is 0 Å². The lowest BCUT2D eigenvalue weighted by molar-refractivity contribution is -0.136. The maximum absolute atomic E-state index is 11.9. The summed E-state index contributed by atoms with van der Waals surface area (Å²) in [7, 11) is 1.39. The van der Waals surface area contributed by atoms with E-state index in [-0.39, 0.29) is 17.7 Å². The molecular formula is C16H24O3. The van der Waals surface area contributed by atoms with Gasteiger partial charge in [0.2, 0.25) is 0 Å². The summed E-state index contributed by atoms with van der Waals surface area (Å²) in [5, 5.41) is 0. The van der Waals surface area contributed by atoms with Crippen molar-refractivity contribution < 1.29 is 14.3 Å². The minimum absolute atomic E-state index is 0.149. The van der Waals surface area contributed by atoms with Crippen molar-refractivity contribution in [2.45, 2.75) is 46.5 Å². The zero-order valence-corrected chi connectivity index (χ0v) is 12.4. The fraction of sp³-hybridized carbons (Fsp3) is 0.625. The highest BCUT2D eigenvalue weighted by Crippen LogP contribution is 2.29. The standard InChI is InChI=1S/C16H24O3/c1-11-8-9-14(15(17)10-11)12(2)6-5-7-13(3)16(18)19-4/h7,10,12,14H,5-6,8-9H2,1-4H3/t12-,14-/m1/s1. The lowest BCUT2D eigenvalue weighted by Gasteiger charge is -2.25. The van der Waals surface area contributed by atoms with Gasteiger partial charge in [0.25, 0.3) is 0 Å². The van der Waals surface area contributed by atoms with Gasteiger partial charge in [0, 0.05) is 11.5 Å². The van der Waals surface area contributed by atoms with E-state index in [0.29, 0.717) is 11.5 Å². The van der Waals surface area contributed by atoms with Crippen molar-refractivity contribution >= 4 is 11.8 Å². The summed E-state index contributed by atoms with van der Waals surface area (Å²) in [6.07, 6.45) is 7.42. The van der Waals surface area contributed by atoms with E-state index >= 15 is 0 Å². The number of esters is 1. The summed E-state index contributed by atoms with van der Waals surface area (Å²) < 4.78 is 4.65. The maximum Gasteiger partial charge on any atom is 0.333 e. The van der Waals surface area contributed by atoms with Crippen LogP contribution in [0.15, 0.2) is 23.3 Å². The van der Waals surface area contributed by atoms with Gasteiger partial charge in [0.1, 0.15) is 0 Å². The summed E-state index contributed by atoms with van der Waals surface area (Å²) in [6.45, 7) is 5.90. The molecule has 0 aromatic rings. The Morgan fingerprint density at radius 1 is 1.58 bits per heavy atom. The Kier molecular flexibility index (Phi) is 6.00. The molecule has 0 heterocycles. The number of ketones is 1. The number of allylic oxidation sites excluding steroid dienone is 3. The van der Waals surface area contributed by atoms with Crippen LogP contribution < -0.4 is 0 Å². The molecule has 0 radical (unpaired) electrons. The van der Waals surface area contributed by atoms with Crippen LogP contribution in [0.5, 0.6) is 0 Å². The summed E-state index contributed by atoms with van der Waals surface area (Å²) in [4.78, 5) is 23.2. The molecule has 0 bridgehead atoms. The SMILES string of the molecule is COC(=O)C(C)=CCC[C@@H](C)[C@H]1CCC(C)=CC1=O. The number of methoxy groups -OCH3 is 1. The van der Waals surface area contributed by atoms with Crippen molar-refractivity contribution in [1.82, 2.24) is 0 Å². The van der Waals surface area contributed by atoms with Crippen LogP contribution in [-0.2, 0) is 14.3 Å². The minimum Gasteiger partial charge on any atom is -0.466 e. The smallest absolute Gasteiger partial charge is 0.333 e. The minimum atomic E-state index is -0.278. The van der Waals surface area contributed by atoms with Crippen LogP contribution in [0, 0.1) is 11.8 Å². The third-order valence-corrected chi connectivity index (χ3v) is 3.87. The first-order chi connectivity index (χ1) is 8.95. The number of carbonyl (C=O) groups excluding carboxylic acids is 2. The van der Waals surface area contributed by atoms with Gasteiger partial charge >= 0.3 is 5.97 Å². The second kappa shape index (κ2) is 7.27. The molecule has 0 aromatic carbocycles. The largest absolute Gasteiger partial charge is 0.466 e. The monoisotopic (exact) mass is 264 g/mol. The van der Waals surface area contributed by atoms with Crippen molar-refractivity contribution in [2.75, 3.05) is 7.11 Å². The van der Waals surface area contributed by atoms with Crippen LogP contribution in [0.2, 0.25) is 0 Å². The average molecular weight is 264 g/mol. The zero-order chi connectivity index (χ0) is 14.4. The van der Waals surface area contributed by atoms with Gasteiger partial charge in [-0.2, -0.15) is 0 Å². The summed E-state index contributed by atoms with van der Waals surface area (Å²) in [5.41, 5.74) is 1.83. The molecule has 1 aliphatic rings. The second-order valence-corrected chi connectivity index (χ2v) is 5.47. The summed E-state index contributed by atoms with van der Waals surface area (Å²) in [5.74, 6) is 0.499. The summed E-state index contributed by atoms with van der Waals surface area (Å²) >= 11 is 0. The van der Waals surface area contributed by atoms with Crippen LogP contribution in [-0.4, -0.2) is 18.9 Å². The molecular weight excluding hydrogens is 240 g/mol. The molecule has 106 valence electrons. The lowest BCUT2D eigenvalue weighted by Crippen LogP contribution is -2.23. The van der Waals surface area contributed by atoms with Crippen molar-refractivity contribution in [1.29, 1.82) is 0 Å². The van der Waals surface area contributed by atoms with Crippen LogP contribution in [0.25, 0.3) is 0 Å². The molecule has 0 saturated heterocycles. The highest BCUT2D eigenvalue weighted by atomic mass is 16.5. The van der Waals surface area contributed by atoms with Gasteiger partial charge in [-0.05, 0) is 51.5 Å². The molecule has 3 heteroatoms. The predicted molar refractivity (Wildman–Crippen MR) is 75.7 cm³/mol. The first kappa shape index (κ1) is 15.7. The Morgan fingerprint density at radius 3 is 2.84 bits per heavy atom. The van der Waals surface area contributed by atoms with Crippen molar-refractivity contribution in [3.8, 4) is 0 Å². The van der Waals surface area contributed by atoms with Crippen LogP contribution in [0.1, 0.15) is 46.5 Å². The average Bonchev–Trinajstić information content (AvgIpc) is 2.37. The van der Waals surface area contributed by atoms with E-state index in [9.17, 15) is 9.59 Å². The van der Waals surface area contributed by atoms with E-state index in [2.05, 4.69) is 11.7 Å². The molecule has 0 spiro atoms. The number of ether oxygens (including phenoxy) is 1. The van der Waals surface area contributed by atoms with Crippen molar-refractivity contribution in [2.24, 2.45) is 11.8 Å². The van der Waals surface area contributed by atoms with Gasteiger partial charge in [-0.15, -0.1) is 0 Å². The van der Waals surface area contributed by atoms with E-state index in [0.717, 1.165) is 25.7 Å². The Morgan fingerprint density at radius 2 is 2.26 bits per heavy atom. The number of rotatable bonds is 5. The first-order valence-electron chi connectivity index (χ1n) is 6.91. The van der Waals surface area contributed by atoms with E-state index in [1.807, 2.05) is 13.0 Å². The van der Waals surface area contributed by atoms with Crippen LogP contribution in [0.3, 0.4) is 0 Å². The fourth-order valence-electron chi connectivity index (χ4n) is 2.52. The van der Waals surface area contributed by atoms with Gasteiger partial charge in [0.05, 0.1) is 7.11 Å². The molecule has 1 rings (SSSR count). The topological polar surface area (TPSA) is 43.4 Å². The van der Waals surface area contributed by atoms with Crippen LogP contribution >= 0.6 is 0 Å². The van der Waals surface area contributed by atoms with Gasteiger partial charge in [0.15, 0.2) is 5.78 Å². The first-order valence-corrected chi connectivity index (χ1v) is 6.91.